The van der Waals surface area contributed by atoms with Crippen molar-refractivity contribution in [2.24, 2.45) is 0 Å². The van der Waals surface area contributed by atoms with Crippen molar-refractivity contribution in [2.45, 2.75) is 44.2 Å². The van der Waals surface area contributed by atoms with Crippen molar-refractivity contribution in [3.8, 4) is 17.2 Å². The lowest BCUT2D eigenvalue weighted by atomic mass is 9.95. The van der Waals surface area contributed by atoms with Crippen LogP contribution in [0.3, 0.4) is 0 Å². The average molecular weight is 309 g/mol. The van der Waals surface area contributed by atoms with Crippen molar-refractivity contribution in [1.29, 1.82) is 0 Å². The smallest absolute Gasteiger partial charge is 0.203 e. The van der Waals surface area contributed by atoms with Crippen LogP contribution in [0, 0.1) is 0 Å². The quantitative estimate of drug-likeness (QED) is 0.811. The first-order chi connectivity index (χ1) is 10.7. The van der Waals surface area contributed by atoms with Gasteiger partial charge < -0.3 is 24.6 Å². The van der Waals surface area contributed by atoms with Gasteiger partial charge in [0.2, 0.25) is 5.75 Å². The molecular formula is C17H27NO4. The molecular weight excluding hydrogens is 282 g/mol. The van der Waals surface area contributed by atoms with Gasteiger partial charge in [0.15, 0.2) is 11.5 Å². The minimum absolute atomic E-state index is 0.519. The van der Waals surface area contributed by atoms with Crippen LogP contribution in [-0.2, 0) is 0 Å². The Labute approximate surface area is 132 Å². The number of aliphatic hydroxyl groups excluding tert-OH is 1. The van der Waals surface area contributed by atoms with E-state index in [0.29, 0.717) is 29.8 Å². The summed E-state index contributed by atoms with van der Waals surface area (Å²) in [6.45, 7) is 0.531. The summed E-state index contributed by atoms with van der Waals surface area (Å²) in [5, 5.41) is 13.9. The van der Waals surface area contributed by atoms with Crippen LogP contribution in [0.5, 0.6) is 17.2 Å². The zero-order valence-corrected chi connectivity index (χ0v) is 13.7. The zero-order valence-electron chi connectivity index (χ0n) is 13.7. The zero-order chi connectivity index (χ0) is 15.9. The summed E-state index contributed by atoms with van der Waals surface area (Å²) in [6.07, 6.45) is 5.67. The van der Waals surface area contributed by atoms with E-state index in [1.54, 1.807) is 33.5 Å². The van der Waals surface area contributed by atoms with Crippen molar-refractivity contribution >= 4 is 0 Å². The molecule has 1 aliphatic carbocycles. The summed E-state index contributed by atoms with van der Waals surface area (Å²) in [4.78, 5) is 0. The van der Waals surface area contributed by atoms with E-state index >= 15 is 0 Å². The monoisotopic (exact) mass is 309 g/mol. The molecule has 0 aromatic heterocycles. The maximum Gasteiger partial charge on any atom is 0.203 e. The van der Waals surface area contributed by atoms with Crippen LogP contribution in [0.2, 0.25) is 0 Å². The minimum Gasteiger partial charge on any atom is -0.493 e. The van der Waals surface area contributed by atoms with Crippen molar-refractivity contribution < 1.29 is 19.3 Å². The summed E-state index contributed by atoms with van der Waals surface area (Å²) in [7, 11) is 4.72. The van der Waals surface area contributed by atoms with E-state index in [1.807, 2.05) is 0 Å². The Kier molecular flexibility index (Phi) is 6.34. The van der Waals surface area contributed by atoms with Crippen molar-refractivity contribution in [1.82, 2.24) is 5.32 Å². The van der Waals surface area contributed by atoms with E-state index < -0.39 is 6.10 Å². The molecule has 0 amide bonds. The van der Waals surface area contributed by atoms with Gasteiger partial charge in [0.05, 0.1) is 27.4 Å². The SMILES string of the molecule is COc1cc(C(O)CNC2CCCCC2)cc(OC)c1OC. The van der Waals surface area contributed by atoms with Crippen molar-refractivity contribution in [3.05, 3.63) is 17.7 Å². The number of methoxy groups -OCH3 is 3. The molecule has 0 spiro atoms. The highest BCUT2D eigenvalue weighted by atomic mass is 16.5. The third-order valence-corrected chi connectivity index (χ3v) is 4.28. The molecule has 1 aromatic carbocycles. The highest BCUT2D eigenvalue weighted by molar-refractivity contribution is 5.54. The van der Waals surface area contributed by atoms with Crippen molar-refractivity contribution in [3.63, 3.8) is 0 Å². The Morgan fingerprint density at radius 3 is 2.14 bits per heavy atom. The van der Waals surface area contributed by atoms with Gasteiger partial charge in [-0.3, -0.25) is 0 Å². The molecule has 2 N–H and O–H groups in total. The van der Waals surface area contributed by atoms with Crippen LogP contribution in [0.4, 0.5) is 0 Å². The standard InChI is InChI=1S/C17H27NO4/c1-20-15-9-12(10-16(21-2)17(15)22-3)14(19)11-18-13-7-5-4-6-8-13/h9-10,13-14,18-19H,4-8,11H2,1-3H3. The first-order valence-corrected chi connectivity index (χ1v) is 7.91. The molecule has 1 aliphatic rings. The van der Waals surface area contributed by atoms with E-state index in [4.69, 9.17) is 14.2 Å². The molecule has 5 nitrogen and oxygen atoms in total. The lowest BCUT2D eigenvalue weighted by Crippen LogP contribution is -2.34. The van der Waals surface area contributed by atoms with Gasteiger partial charge in [-0.2, -0.15) is 0 Å². The maximum absolute atomic E-state index is 10.4. The Morgan fingerprint density at radius 1 is 1.05 bits per heavy atom. The molecule has 1 fully saturated rings. The number of ether oxygens (including phenoxy) is 3. The molecule has 1 saturated carbocycles. The molecule has 0 heterocycles. The Balaban J connectivity index is 2.06. The first kappa shape index (κ1) is 16.9. The average Bonchev–Trinajstić information content (AvgIpc) is 2.59. The fourth-order valence-electron chi connectivity index (χ4n) is 3.00. The van der Waals surface area contributed by atoms with Crippen LogP contribution in [-0.4, -0.2) is 39.0 Å². The van der Waals surface area contributed by atoms with Crippen LogP contribution in [0.15, 0.2) is 12.1 Å². The van der Waals surface area contributed by atoms with E-state index in [-0.39, 0.29) is 0 Å². The number of aliphatic hydroxyl groups is 1. The Morgan fingerprint density at radius 2 is 1.64 bits per heavy atom. The van der Waals surface area contributed by atoms with Gasteiger partial charge in [-0.1, -0.05) is 19.3 Å². The highest BCUT2D eigenvalue weighted by Gasteiger charge is 2.19. The van der Waals surface area contributed by atoms with Gasteiger partial charge in [-0.25, -0.2) is 0 Å². The highest BCUT2D eigenvalue weighted by Crippen LogP contribution is 2.39. The third-order valence-electron chi connectivity index (χ3n) is 4.28. The van der Waals surface area contributed by atoms with Gasteiger partial charge >= 0.3 is 0 Å². The number of benzene rings is 1. The lowest BCUT2D eigenvalue weighted by molar-refractivity contribution is 0.164. The van der Waals surface area contributed by atoms with Gasteiger partial charge in [0.1, 0.15) is 0 Å². The van der Waals surface area contributed by atoms with E-state index in [9.17, 15) is 5.11 Å². The molecule has 0 saturated heterocycles. The molecule has 1 aromatic rings. The molecule has 1 atom stereocenters. The van der Waals surface area contributed by atoms with E-state index in [1.165, 1.54) is 32.1 Å². The second-order valence-electron chi connectivity index (χ2n) is 5.72. The minimum atomic E-state index is -0.601. The van der Waals surface area contributed by atoms with Crippen molar-refractivity contribution in [2.75, 3.05) is 27.9 Å². The predicted molar refractivity (Wildman–Crippen MR) is 85.9 cm³/mol. The molecule has 1 unspecified atom stereocenters. The Bertz CT molecular complexity index is 447. The third kappa shape index (κ3) is 4.05. The lowest BCUT2D eigenvalue weighted by Gasteiger charge is -2.24. The molecule has 124 valence electrons. The van der Waals surface area contributed by atoms with E-state index in [0.717, 1.165) is 5.56 Å². The largest absolute Gasteiger partial charge is 0.493 e. The molecule has 2 rings (SSSR count). The summed E-state index contributed by atoms with van der Waals surface area (Å²) in [5.74, 6) is 1.67. The topological polar surface area (TPSA) is 60.0 Å². The fourth-order valence-corrected chi connectivity index (χ4v) is 3.00. The van der Waals surface area contributed by atoms with E-state index in [2.05, 4.69) is 5.32 Å². The molecule has 5 heteroatoms. The molecule has 0 aliphatic heterocycles. The summed E-state index contributed by atoms with van der Waals surface area (Å²) in [5.41, 5.74) is 0.762. The van der Waals surface area contributed by atoms with Crippen LogP contribution >= 0.6 is 0 Å². The van der Waals surface area contributed by atoms with Gasteiger partial charge in [0, 0.05) is 12.6 Å². The molecule has 0 bridgehead atoms. The van der Waals surface area contributed by atoms with Crippen LogP contribution in [0.1, 0.15) is 43.8 Å². The molecule has 0 radical (unpaired) electrons. The molecule has 22 heavy (non-hydrogen) atoms. The van der Waals surface area contributed by atoms with Gasteiger partial charge in [-0.15, -0.1) is 0 Å². The summed E-state index contributed by atoms with van der Waals surface area (Å²) in [6, 6.07) is 4.12. The van der Waals surface area contributed by atoms with Crippen LogP contribution in [0.25, 0.3) is 0 Å². The second-order valence-corrected chi connectivity index (χ2v) is 5.72. The summed E-state index contributed by atoms with van der Waals surface area (Å²) < 4.78 is 16.0. The number of rotatable bonds is 7. The maximum atomic E-state index is 10.4. The predicted octanol–water partition coefficient (Wildman–Crippen LogP) is 2.67. The summed E-state index contributed by atoms with van der Waals surface area (Å²) >= 11 is 0. The number of hydrogen-bond acceptors (Lipinski definition) is 5. The van der Waals surface area contributed by atoms with Gasteiger partial charge in [-0.05, 0) is 30.5 Å². The first-order valence-electron chi connectivity index (χ1n) is 7.91. The Hall–Kier alpha value is -1.46. The number of nitrogens with one attached hydrogen (secondary N) is 1. The second kappa shape index (κ2) is 8.25. The van der Waals surface area contributed by atoms with Crippen LogP contribution < -0.4 is 19.5 Å². The van der Waals surface area contributed by atoms with Gasteiger partial charge in [0.25, 0.3) is 0 Å². The fraction of sp³-hybridized carbons (Fsp3) is 0.647. The normalized spacial score (nSPS) is 17.1. The number of hydrogen-bond donors (Lipinski definition) is 2.